The topological polar surface area (TPSA) is 55.4 Å². The van der Waals surface area contributed by atoms with Gasteiger partial charge in [0.15, 0.2) is 0 Å². The van der Waals surface area contributed by atoms with Crippen LogP contribution in [0.15, 0.2) is 0 Å². The van der Waals surface area contributed by atoms with Crippen molar-refractivity contribution in [1.82, 2.24) is 5.32 Å². The van der Waals surface area contributed by atoms with Gasteiger partial charge in [-0.05, 0) is 19.4 Å². The van der Waals surface area contributed by atoms with Crippen molar-refractivity contribution in [3.8, 4) is 0 Å². The molecule has 0 aromatic rings. The van der Waals surface area contributed by atoms with Gasteiger partial charge in [0.2, 0.25) is 0 Å². The van der Waals surface area contributed by atoms with Gasteiger partial charge in [-0.1, -0.05) is 71.6 Å². The molecule has 0 radical (unpaired) electrons. The van der Waals surface area contributed by atoms with Crippen molar-refractivity contribution in [2.45, 2.75) is 84.5 Å². The Hall–Kier alpha value is -0.900. The first-order valence-electron chi connectivity index (χ1n) is 8.94. The Labute approximate surface area is 136 Å². The second-order valence-corrected chi connectivity index (χ2v) is 6.49. The Bertz CT molecular complexity index is 290. The molecule has 0 aromatic heterocycles. The van der Waals surface area contributed by atoms with E-state index in [0.717, 1.165) is 18.8 Å². The molecule has 0 fully saturated rings. The van der Waals surface area contributed by atoms with Crippen LogP contribution in [0.2, 0.25) is 0 Å². The third-order valence-electron chi connectivity index (χ3n) is 3.71. The minimum atomic E-state index is -0.495. The van der Waals surface area contributed by atoms with Crippen LogP contribution in [0.1, 0.15) is 84.5 Å². The highest BCUT2D eigenvalue weighted by Gasteiger charge is 2.08. The molecule has 0 aliphatic heterocycles. The monoisotopic (exact) mass is 313 g/mol. The zero-order valence-electron chi connectivity index (χ0n) is 14.8. The first-order valence-corrected chi connectivity index (χ1v) is 8.94. The number of esters is 2. The van der Waals surface area contributed by atoms with Gasteiger partial charge in [0, 0.05) is 6.42 Å². The third kappa shape index (κ3) is 15.5. The number of ether oxygens (including phenoxy) is 1. The molecule has 0 atom stereocenters. The van der Waals surface area contributed by atoms with Gasteiger partial charge in [0.1, 0.15) is 0 Å². The Balaban J connectivity index is 3.23. The molecular weight excluding hydrogens is 278 g/mol. The van der Waals surface area contributed by atoms with Crippen molar-refractivity contribution < 1.29 is 14.3 Å². The number of hydrogen-bond acceptors (Lipinski definition) is 4. The van der Waals surface area contributed by atoms with Crippen LogP contribution < -0.4 is 5.32 Å². The zero-order chi connectivity index (χ0) is 16.6. The largest absolute Gasteiger partial charge is 0.392 e. The van der Waals surface area contributed by atoms with Crippen molar-refractivity contribution in [3.05, 3.63) is 0 Å². The van der Waals surface area contributed by atoms with E-state index in [9.17, 15) is 9.59 Å². The van der Waals surface area contributed by atoms with Crippen LogP contribution >= 0.6 is 0 Å². The summed E-state index contributed by atoms with van der Waals surface area (Å²) in [4.78, 5) is 22.4. The van der Waals surface area contributed by atoms with Gasteiger partial charge >= 0.3 is 11.9 Å². The lowest BCUT2D eigenvalue weighted by Crippen LogP contribution is -2.23. The summed E-state index contributed by atoms with van der Waals surface area (Å²) in [6.45, 7) is 4.65. The van der Waals surface area contributed by atoms with Crippen LogP contribution in [-0.4, -0.2) is 25.5 Å². The Morgan fingerprint density at radius 1 is 0.818 bits per heavy atom. The van der Waals surface area contributed by atoms with Gasteiger partial charge in [-0.3, -0.25) is 9.59 Å². The van der Waals surface area contributed by atoms with Crippen LogP contribution in [0.5, 0.6) is 0 Å². The molecule has 0 bridgehead atoms. The van der Waals surface area contributed by atoms with Gasteiger partial charge in [-0.25, -0.2) is 0 Å². The molecule has 22 heavy (non-hydrogen) atoms. The maximum absolute atomic E-state index is 11.3. The van der Waals surface area contributed by atoms with E-state index in [1.807, 2.05) is 0 Å². The summed E-state index contributed by atoms with van der Waals surface area (Å²) in [5, 5.41) is 2.66. The second-order valence-electron chi connectivity index (χ2n) is 6.49. The third-order valence-corrected chi connectivity index (χ3v) is 3.71. The highest BCUT2D eigenvalue weighted by molar-refractivity contribution is 5.86. The van der Waals surface area contributed by atoms with E-state index in [4.69, 9.17) is 0 Å². The minimum Gasteiger partial charge on any atom is -0.392 e. The number of likely N-dealkylation sites (N-methyl/N-ethyl adjacent to an activating group) is 1. The molecule has 4 nitrogen and oxygen atoms in total. The normalized spacial score (nSPS) is 10.9. The lowest BCUT2D eigenvalue weighted by atomic mass is 10.0. The summed E-state index contributed by atoms with van der Waals surface area (Å²) in [7, 11) is 1.65. The van der Waals surface area contributed by atoms with E-state index in [-0.39, 0.29) is 6.54 Å². The summed E-state index contributed by atoms with van der Waals surface area (Å²) in [5.74, 6) is -0.0596. The van der Waals surface area contributed by atoms with Crippen LogP contribution in [-0.2, 0) is 14.3 Å². The highest BCUT2D eigenvalue weighted by Crippen LogP contribution is 2.13. The highest BCUT2D eigenvalue weighted by atomic mass is 16.6. The van der Waals surface area contributed by atoms with Crippen LogP contribution in [0, 0.1) is 5.92 Å². The van der Waals surface area contributed by atoms with Crippen LogP contribution in [0.4, 0.5) is 0 Å². The van der Waals surface area contributed by atoms with Crippen molar-refractivity contribution >= 4 is 11.9 Å². The maximum Gasteiger partial charge on any atom is 0.327 e. The number of unbranched alkanes of at least 4 members (excludes halogenated alkanes) is 8. The number of nitrogens with one attached hydrogen (secondary N) is 1. The minimum absolute atomic E-state index is 0.0862. The first kappa shape index (κ1) is 21.1. The first-order chi connectivity index (χ1) is 10.6. The quantitative estimate of drug-likeness (QED) is 0.296. The summed E-state index contributed by atoms with van der Waals surface area (Å²) in [5.41, 5.74) is 0. The number of hydrogen-bond donors (Lipinski definition) is 1. The van der Waals surface area contributed by atoms with E-state index in [1.165, 1.54) is 51.4 Å². The predicted molar refractivity (Wildman–Crippen MR) is 90.7 cm³/mol. The maximum atomic E-state index is 11.3. The van der Waals surface area contributed by atoms with E-state index < -0.39 is 11.9 Å². The molecule has 0 saturated heterocycles. The molecule has 130 valence electrons. The molecule has 4 heteroatoms. The molecular formula is C18H35NO3. The molecule has 0 heterocycles. The fourth-order valence-corrected chi connectivity index (χ4v) is 2.42. The van der Waals surface area contributed by atoms with E-state index in [2.05, 4.69) is 23.9 Å². The van der Waals surface area contributed by atoms with Crippen LogP contribution in [0.25, 0.3) is 0 Å². The molecule has 0 amide bonds. The van der Waals surface area contributed by atoms with E-state index in [0.29, 0.717) is 6.42 Å². The smallest absolute Gasteiger partial charge is 0.327 e. The predicted octanol–water partition coefficient (Wildman–Crippen LogP) is 4.22. The summed E-state index contributed by atoms with van der Waals surface area (Å²) in [6.07, 6.45) is 12.7. The summed E-state index contributed by atoms with van der Waals surface area (Å²) in [6, 6.07) is 0. The summed E-state index contributed by atoms with van der Waals surface area (Å²) < 4.78 is 4.65. The average Bonchev–Trinajstić information content (AvgIpc) is 2.44. The molecule has 0 rings (SSSR count). The summed E-state index contributed by atoms with van der Waals surface area (Å²) >= 11 is 0. The van der Waals surface area contributed by atoms with Crippen molar-refractivity contribution in [1.29, 1.82) is 0 Å². The van der Waals surface area contributed by atoms with Crippen molar-refractivity contribution in [2.75, 3.05) is 13.6 Å². The number of carbonyl (C=O) groups is 2. The number of rotatable bonds is 14. The van der Waals surface area contributed by atoms with Gasteiger partial charge < -0.3 is 10.1 Å². The zero-order valence-corrected chi connectivity index (χ0v) is 14.8. The van der Waals surface area contributed by atoms with Gasteiger partial charge in [0.25, 0.3) is 0 Å². The van der Waals surface area contributed by atoms with Gasteiger partial charge in [0.05, 0.1) is 6.54 Å². The Morgan fingerprint density at radius 3 is 1.82 bits per heavy atom. The Morgan fingerprint density at radius 2 is 1.32 bits per heavy atom. The molecule has 0 aromatic carbocycles. The van der Waals surface area contributed by atoms with Crippen molar-refractivity contribution in [2.24, 2.45) is 5.92 Å². The van der Waals surface area contributed by atoms with Gasteiger partial charge in [-0.2, -0.15) is 0 Å². The lowest BCUT2D eigenvalue weighted by Gasteiger charge is -2.05. The molecule has 0 unspecified atom stereocenters. The molecule has 0 aliphatic carbocycles. The number of carbonyl (C=O) groups excluding carboxylic acids is 2. The fourth-order valence-electron chi connectivity index (χ4n) is 2.42. The second kappa shape index (κ2) is 15.0. The standard InChI is InChI=1S/C18H35NO3/c1-16(2)13-11-9-7-5-4-6-8-10-12-14-17(20)22-18(21)15-19-3/h16,19H,4-15H2,1-3H3. The van der Waals surface area contributed by atoms with E-state index >= 15 is 0 Å². The molecule has 0 spiro atoms. The van der Waals surface area contributed by atoms with Crippen molar-refractivity contribution in [3.63, 3.8) is 0 Å². The SMILES string of the molecule is CNCC(=O)OC(=O)CCCCCCCCCCCC(C)C. The molecule has 0 aliphatic rings. The van der Waals surface area contributed by atoms with E-state index in [1.54, 1.807) is 7.05 Å². The average molecular weight is 313 g/mol. The molecule has 1 N–H and O–H groups in total. The fraction of sp³-hybridized carbons (Fsp3) is 0.889. The molecule has 0 saturated carbocycles. The van der Waals surface area contributed by atoms with Gasteiger partial charge in [-0.15, -0.1) is 0 Å². The van der Waals surface area contributed by atoms with Crippen LogP contribution in [0.3, 0.4) is 0 Å². The Kier molecular flexibility index (Phi) is 14.4. The lowest BCUT2D eigenvalue weighted by molar-refractivity contribution is -0.158.